The molecule has 2 nitrogen and oxygen atoms in total. The first-order valence-corrected chi connectivity index (χ1v) is 6.77. The smallest absolute Gasteiger partial charge is 0.0220 e. The van der Waals surface area contributed by atoms with Gasteiger partial charge in [0.1, 0.15) is 0 Å². The Morgan fingerprint density at radius 1 is 1.27 bits per heavy atom. The Hall–Kier alpha value is -0.0800. The Labute approximate surface area is 94.4 Å². The van der Waals surface area contributed by atoms with Gasteiger partial charge in [-0.2, -0.15) is 0 Å². The van der Waals surface area contributed by atoms with Crippen molar-refractivity contribution in [2.24, 2.45) is 5.92 Å². The first kappa shape index (κ1) is 11.4. The third-order valence-corrected chi connectivity index (χ3v) is 4.43. The number of rotatable bonds is 4. The van der Waals surface area contributed by atoms with Crippen molar-refractivity contribution in [1.82, 2.24) is 10.2 Å². The fourth-order valence-electron chi connectivity index (χ4n) is 3.63. The number of hydrogen-bond donors (Lipinski definition) is 1. The molecule has 15 heavy (non-hydrogen) atoms. The highest BCUT2D eigenvalue weighted by Crippen LogP contribution is 2.37. The second-order valence-corrected chi connectivity index (χ2v) is 5.26. The maximum atomic E-state index is 3.35. The lowest BCUT2D eigenvalue weighted by Gasteiger charge is -2.36. The van der Waals surface area contributed by atoms with Crippen LogP contribution in [0.4, 0.5) is 0 Å². The summed E-state index contributed by atoms with van der Waals surface area (Å²) in [7, 11) is 2.08. The molecule has 0 spiro atoms. The van der Waals surface area contributed by atoms with E-state index in [-0.39, 0.29) is 0 Å². The standard InChI is InChI=1S/C13H26N2/c1-3-12(10-14-2)15-9-8-11-6-4-5-7-13(11)15/h11-14H,3-10H2,1-2H3. The summed E-state index contributed by atoms with van der Waals surface area (Å²) in [6.45, 7) is 4.85. The molecule has 1 saturated heterocycles. The van der Waals surface area contributed by atoms with Gasteiger partial charge in [-0.05, 0) is 45.2 Å². The first-order chi connectivity index (χ1) is 7.36. The molecule has 0 radical (unpaired) electrons. The van der Waals surface area contributed by atoms with E-state index in [9.17, 15) is 0 Å². The maximum absolute atomic E-state index is 3.35. The fraction of sp³-hybridized carbons (Fsp3) is 1.00. The minimum Gasteiger partial charge on any atom is -0.318 e. The van der Waals surface area contributed by atoms with Gasteiger partial charge in [-0.1, -0.05) is 19.8 Å². The molecule has 0 amide bonds. The van der Waals surface area contributed by atoms with Crippen molar-refractivity contribution in [3.05, 3.63) is 0 Å². The van der Waals surface area contributed by atoms with Crippen molar-refractivity contribution in [2.75, 3.05) is 20.1 Å². The quantitative estimate of drug-likeness (QED) is 0.765. The van der Waals surface area contributed by atoms with Gasteiger partial charge in [-0.25, -0.2) is 0 Å². The number of nitrogens with zero attached hydrogens (tertiary/aromatic N) is 1. The van der Waals surface area contributed by atoms with E-state index in [2.05, 4.69) is 24.2 Å². The van der Waals surface area contributed by atoms with E-state index >= 15 is 0 Å². The van der Waals surface area contributed by atoms with Crippen molar-refractivity contribution in [3.63, 3.8) is 0 Å². The van der Waals surface area contributed by atoms with Crippen LogP contribution in [-0.2, 0) is 0 Å². The summed E-state index contributed by atoms with van der Waals surface area (Å²) < 4.78 is 0. The highest BCUT2D eigenvalue weighted by molar-refractivity contribution is 4.93. The summed E-state index contributed by atoms with van der Waals surface area (Å²) in [5, 5.41) is 3.35. The molecule has 2 aliphatic rings. The van der Waals surface area contributed by atoms with Gasteiger partial charge in [0.05, 0.1) is 0 Å². The lowest BCUT2D eigenvalue weighted by atomic mass is 9.85. The molecule has 3 unspecified atom stereocenters. The van der Waals surface area contributed by atoms with Gasteiger partial charge < -0.3 is 5.32 Å². The molecule has 1 aliphatic carbocycles. The van der Waals surface area contributed by atoms with Crippen LogP contribution < -0.4 is 5.32 Å². The minimum absolute atomic E-state index is 0.781. The number of likely N-dealkylation sites (tertiary alicyclic amines) is 1. The topological polar surface area (TPSA) is 15.3 Å². The first-order valence-electron chi connectivity index (χ1n) is 6.77. The van der Waals surface area contributed by atoms with Gasteiger partial charge in [0.15, 0.2) is 0 Å². The Kier molecular flexibility index (Phi) is 4.04. The second-order valence-electron chi connectivity index (χ2n) is 5.26. The predicted molar refractivity (Wildman–Crippen MR) is 65.1 cm³/mol. The number of likely N-dealkylation sites (N-methyl/N-ethyl adjacent to an activating group) is 1. The molecule has 1 saturated carbocycles. The van der Waals surface area contributed by atoms with Crippen LogP contribution in [0.5, 0.6) is 0 Å². The molecule has 0 aromatic heterocycles. The van der Waals surface area contributed by atoms with Crippen LogP contribution in [0.3, 0.4) is 0 Å². The predicted octanol–water partition coefficient (Wildman–Crippen LogP) is 2.25. The van der Waals surface area contributed by atoms with Crippen LogP contribution >= 0.6 is 0 Å². The van der Waals surface area contributed by atoms with E-state index in [1.165, 1.54) is 51.6 Å². The monoisotopic (exact) mass is 210 g/mol. The van der Waals surface area contributed by atoms with Crippen LogP contribution in [0.2, 0.25) is 0 Å². The van der Waals surface area contributed by atoms with Gasteiger partial charge in [-0.3, -0.25) is 4.90 Å². The number of fused-ring (bicyclic) bond motifs is 1. The van der Waals surface area contributed by atoms with E-state index in [4.69, 9.17) is 0 Å². The summed E-state index contributed by atoms with van der Waals surface area (Å²) >= 11 is 0. The van der Waals surface area contributed by atoms with E-state index < -0.39 is 0 Å². The zero-order valence-electron chi connectivity index (χ0n) is 10.3. The molecule has 2 fully saturated rings. The molecular weight excluding hydrogens is 184 g/mol. The average molecular weight is 210 g/mol. The summed E-state index contributed by atoms with van der Waals surface area (Å²) in [5.74, 6) is 1.03. The molecule has 88 valence electrons. The van der Waals surface area contributed by atoms with Crippen LogP contribution in [0.25, 0.3) is 0 Å². The highest BCUT2D eigenvalue weighted by Gasteiger charge is 2.37. The number of hydrogen-bond acceptors (Lipinski definition) is 2. The average Bonchev–Trinajstić information content (AvgIpc) is 2.70. The third kappa shape index (κ3) is 2.36. The van der Waals surface area contributed by atoms with E-state index in [1.807, 2.05) is 0 Å². The van der Waals surface area contributed by atoms with Gasteiger partial charge in [0, 0.05) is 18.6 Å². The molecule has 0 bridgehead atoms. The molecule has 2 rings (SSSR count). The lowest BCUT2D eigenvalue weighted by Crippen LogP contribution is -2.46. The SMILES string of the molecule is CCC(CNC)N1CCC2CCCCC21. The van der Waals surface area contributed by atoms with Crippen molar-refractivity contribution < 1.29 is 0 Å². The van der Waals surface area contributed by atoms with Gasteiger partial charge in [0.25, 0.3) is 0 Å². The van der Waals surface area contributed by atoms with Gasteiger partial charge in [-0.15, -0.1) is 0 Å². The Morgan fingerprint density at radius 3 is 2.80 bits per heavy atom. The van der Waals surface area contributed by atoms with Crippen LogP contribution in [0, 0.1) is 5.92 Å². The Morgan fingerprint density at radius 2 is 2.07 bits per heavy atom. The van der Waals surface area contributed by atoms with Gasteiger partial charge in [0.2, 0.25) is 0 Å². The Balaban J connectivity index is 1.96. The van der Waals surface area contributed by atoms with Crippen molar-refractivity contribution in [1.29, 1.82) is 0 Å². The summed E-state index contributed by atoms with van der Waals surface area (Å²) in [6.07, 6.45) is 8.67. The number of nitrogens with one attached hydrogen (secondary N) is 1. The maximum Gasteiger partial charge on any atom is 0.0220 e. The minimum atomic E-state index is 0.781. The van der Waals surface area contributed by atoms with Crippen LogP contribution in [0.15, 0.2) is 0 Å². The zero-order chi connectivity index (χ0) is 10.7. The largest absolute Gasteiger partial charge is 0.318 e. The molecule has 0 aromatic rings. The zero-order valence-corrected chi connectivity index (χ0v) is 10.3. The third-order valence-electron chi connectivity index (χ3n) is 4.43. The molecule has 2 heteroatoms. The molecule has 3 atom stereocenters. The second kappa shape index (κ2) is 5.31. The molecule has 1 aliphatic heterocycles. The Bertz CT molecular complexity index is 193. The summed E-state index contributed by atoms with van der Waals surface area (Å²) in [4.78, 5) is 2.81. The van der Waals surface area contributed by atoms with Crippen LogP contribution in [-0.4, -0.2) is 37.1 Å². The van der Waals surface area contributed by atoms with E-state index in [0.717, 1.165) is 18.0 Å². The van der Waals surface area contributed by atoms with Crippen molar-refractivity contribution in [3.8, 4) is 0 Å². The van der Waals surface area contributed by atoms with E-state index in [0.29, 0.717) is 0 Å². The molecular formula is C13H26N2. The van der Waals surface area contributed by atoms with Crippen molar-refractivity contribution in [2.45, 2.75) is 57.5 Å². The van der Waals surface area contributed by atoms with Crippen LogP contribution in [0.1, 0.15) is 45.4 Å². The fourth-order valence-corrected chi connectivity index (χ4v) is 3.63. The lowest BCUT2D eigenvalue weighted by molar-refractivity contribution is 0.128. The summed E-state index contributed by atoms with van der Waals surface area (Å²) in [5.41, 5.74) is 0. The molecule has 1 heterocycles. The molecule has 0 aromatic carbocycles. The van der Waals surface area contributed by atoms with Gasteiger partial charge >= 0.3 is 0 Å². The normalized spacial score (nSPS) is 34.0. The summed E-state index contributed by atoms with van der Waals surface area (Å²) in [6, 6.07) is 1.71. The molecule has 1 N–H and O–H groups in total. The highest BCUT2D eigenvalue weighted by atomic mass is 15.2. The van der Waals surface area contributed by atoms with Crippen molar-refractivity contribution >= 4 is 0 Å². The van der Waals surface area contributed by atoms with E-state index in [1.54, 1.807) is 0 Å².